The van der Waals surface area contributed by atoms with E-state index in [0.717, 1.165) is 28.1 Å². The average Bonchev–Trinajstić information content (AvgIpc) is 2.78. The molecule has 2 rings (SSSR count). The number of rotatable bonds is 11. The van der Waals surface area contributed by atoms with Gasteiger partial charge in [-0.2, -0.15) is 0 Å². The van der Waals surface area contributed by atoms with Crippen LogP contribution < -0.4 is 9.62 Å². The summed E-state index contributed by atoms with van der Waals surface area (Å²) in [5.41, 5.74) is 2.15. The van der Waals surface area contributed by atoms with Gasteiger partial charge in [0.1, 0.15) is 12.6 Å². The summed E-state index contributed by atoms with van der Waals surface area (Å²) in [5, 5.41) is 3.51. The Morgan fingerprint density at radius 1 is 1.00 bits per heavy atom. The third kappa shape index (κ3) is 7.74. The quantitative estimate of drug-likeness (QED) is 0.495. The van der Waals surface area contributed by atoms with Crippen molar-refractivity contribution in [1.82, 2.24) is 10.2 Å². The molecule has 2 atom stereocenters. The lowest BCUT2D eigenvalue weighted by Crippen LogP contribution is -2.53. The van der Waals surface area contributed by atoms with Crippen LogP contribution in [0.15, 0.2) is 48.5 Å². The second-order valence-corrected chi connectivity index (χ2v) is 10.8. The first-order valence-corrected chi connectivity index (χ1v) is 13.6. The van der Waals surface area contributed by atoms with Crippen LogP contribution in [0.4, 0.5) is 5.69 Å². The minimum Gasteiger partial charge on any atom is -0.352 e. The predicted octanol–water partition coefficient (Wildman–Crippen LogP) is 4.14. The normalized spacial score (nSPS) is 13.1. The summed E-state index contributed by atoms with van der Waals surface area (Å²) in [6, 6.07) is 13.1. The Hall–Kier alpha value is -2.58. The summed E-state index contributed by atoms with van der Waals surface area (Å²) in [6.45, 7) is 7.33. The van der Waals surface area contributed by atoms with Crippen molar-refractivity contribution in [3.8, 4) is 0 Å². The van der Waals surface area contributed by atoms with Crippen molar-refractivity contribution in [2.75, 3.05) is 17.1 Å². The van der Waals surface area contributed by atoms with Gasteiger partial charge >= 0.3 is 0 Å². The number of anilines is 1. The molecule has 0 fully saturated rings. The van der Waals surface area contributed by atoms with E-state index in [-0.39, 0.29) is 18.5 Å². The summed E-state index contributed by atoms with van der Waals surface area (Å²) in [7, 11) is -3.75. The van der Waals surface area contributed by atoms with Crippen molar-refractivity contribution >= 4 is 39.1 Å². The molecule has 2 aromatic carbocycles. The van der Waals surface area contributed by atoms with E-state index >= 15 is 0 Å². The lowest BCUT2D eigenvalue weighted by atomic mass is 10.1. The molecule has 0 saturated heterocycles. The molecular formula is C25H34ClN3O4S. The lowest BCUT2D eigenvalue weighted by Gasteiger charge is -2.33. The molecule has 7 nitrogen and oxygen atoms in total. The molecule has 1 N–H and O–H groups in total. The smallest absolute Gasteiger partial charge is 0.244 e. The standard InChI is InChI=1S/C25H34ClN3O4S/c1-6-19(4)27-25(31)23(7-2)28(16-20-10-12-21(26)13-11-20)24(30)17-29(34(5,32)33)22-14-8-18(3)9-15-22/h8-15,19,23H,6-7,16-17H2,1-5H3,(H,27,31)/t19-,23-/m1/s1. The summed E-state index contributed by atoms with van der Waals surface area (Å²) in [6.07, 6.45) is 2.20. The van der Waals surface area contributed by atoms with Gasteiger partial charge in [-0.15, -0.1) is 0 Å². The fourth-order valence-electron chi connectivity index (χ4n) is 3.47. The van der Waals surface area contributed by atoms with Gasteiger partial charge in [0.15, 0.2) is 0 Å². The van der Waals surface area contributed by atoms with Crippen LogP contribution in [0.1, 0.15) is 44.7 Å². The number of amides is 2. The maximum Gasteiger partial charge on any atom is 0.244 e. The van der Waals surface area contributed by atoms with Crippen LogP contribution >= 0.6 is 11.6 Å². The van der Waals surface area contributed by atoms with Gasteiger partial charge in [0.2, 0.25) is 21.8 Å². The molecule has 0 aliphatic heterocycles. The van der Waals surface area contributed by atoms with E-state index in [1.165, 1.54) is 4.90 Å². The molecule has 0 heterocycles. The first kappa shape index (κ1) is 27.7. The van der Waals surface area contributed by atoms with E-state index in [1.54, 1.807) is 48.5 Å². The Morgan fingerprint density at radius 3 is 2.09 bits per heavy atom. The molecule has 0 aliphatic rings. The Morgan fingerprint density at radius 2 is 1.59 bits per heavy atom. The van der Waals surface area contributed by atoms with Crippen molar-refractivity contribution in [3.63, 3.8) is 0 Å². The lowest BCUT2D eigenvalue weighted by molar-refractivity contribution is -0.140. The first-order valence-electron chi connectivity index (χ1n) is 11.3. The van der Waals surface area contributed by atoms with E-state index in [1.807, 2.05) is 27.7 Å². The number of benzene rings is 2. The molecule has 0 radical (unpaired) electrons. The highest BCUT2D eigenvalue weighted by molar-refractivity contribution is 7.92. The maximum absolute atomic E-state index is 13.6. The molecule has 34 heavy (non-hydrogen) atoms. The van der Waals surface area contributed by atoms with E-state index in [2.05, 4.69) is 5.32 Å². The molecule has 2 aromatic rings. The van der Waals surface area contributed by atoms with Crippen molar-refractivity contribution < 1.29 is 18.0 Å². The zero-order chi connectivity index (χ0) is 25.5. The van der Waals surface area contributed by atoms with Gasteiger partial charge in [-0.05, 0) is 56.5 Å². The first-order chi connectivity index (χ1) is 16.0. The van der Waals surface area contributed by atoms with Crippen molar-refractivity contribution in [3.05, 3.63) is 64.7 Å². The summed E-state index contributed by atoms with van der Waals surface area (Å²) >= 11 is 6.00. The molecule has 0 bridgehead atoms. The van der Waals surface area contributed by atoms with Crippen LogP contribution in [0.2, 0.25) is 5.02 Å². The largest absolute Gasteiger partial charge is 0.352 e. The summed E-state index contributed by atoms with van der Waals surface area (Å²) < 4.78 is 26.3. The Bertz CT molecular complexity index is 1070. The molecule has 0 saturated carbocycles. The Balaban J connectivity index is 2.41. The fraction of sp³-hybridized carbons (Fsp3) is 0.440. The highest BCUT2D eigenvalue weighted by Crippen LogP contribution is 2.21. The van der Waals surface area contributed by atoms with Crippen LogP contribution in [0.5, 0.6) is 0 Å². The number of carbonyl (C=O) groups is 2. The van der Waals surface area contributed by atoms with E-state index in [4.69, 9.17) is 11.6 Å². The van der Waals surface area contributed by atoms with Gasteiger partial charge in [-0.1, -0.05) is 55.3 Å². The zero-order valence-electron chi connectivity index (χ0n) is 20.4. The van der Waals surface area contributed by atoms with E-state index in [0.29, 0.717) is 17.1 Å². The summed E-state index contributed by atoms with van der Waals surface area (Å²) in [5.74, 6) is -0.729. The third-order valence-electron chi connectivity index (χ3n) is 5.65. The van der Waals surface area contributed by atoms with Gasteiger partial charge in [-0.3, -0.25) is 13.9 Å². The van der Waals surface area contributed by atoms with E-state index in [9.17, 15) is 18.0 Å². The van der Waals surface area contributed by atoms with Crippen LogP contribution in [0, 0.1) is 6.92 Å². The number of nitrogens with one attached hydrogen (secondary N) is 1. The van der Waals surface area contributed by atoms with Gasteiger partial charge < -0.3 is 10.2 Å². The Kier molecular flexibility index (Phi) is 9.94. The average molecular weight is 508 g/mol. The molecule has 0 spiro atoms. The highest BCUT2D eigenvalue weighted by atomic mass is 35.5. The number of hydrogen-bond acceptors (Lipinski definition) is 4. The van der Waals surface area contributed by atoms with Crippen LogP contribution in [0.25, 0.3) is 0 Å². The predicted molar refractivity (Wildman–Crippen MR) is 137 cm³/mol. The van der Waals surface area contributed by atoms with Gasteiger partial charge in [0.25, 0.3) is 0 Å². The highest BCUT2D eigenvalue weighted by Gasteiger charge is 2.32. The van der Waals surface area contributed by atoms with Crippen LogP contribution in [-0.4, -0.2) is 50.0 Å². The molecule has 9 heteroatoms. The van der Waals surface area contributed by atoms with Crippen molar-refractivity contribution in [1.29, 1.82) is 0 Å². The third-order valence-corrected chi connectivity index (χ3v) is 7.05. The van der Waals surface area contributed by atoms with Gasteiger partial charge in [0, 0.05) is 17.6 Å². The molecule has 0 aromatic heterocycles. The molecule has 0 unspecified atom stereocenters. The maximum atomic E-state index is 13.6. The van der Waals surface area contributed by atoms with E-state index < -0.39 is 28.5 Å². The van der Waals surface area contributed by atoms with Gasteiger partial charge in [-0.25, -0.2) is 8.42 Å². The number of aryl methyl sites for hydroxylation is 1. The number of sulfonamides is 1. The Labute approximate surface area is 208 Å². The van der Waals surface area contributed by atoms with Crippen molar-refractivity contribution in [2.24, 2.45) is 0 Å². The number of halogens is 1. The monoisotopic (exact) mass is 507 g/mol. The second-order valence-electron chi connectivity index (χ2n) is 8.50. The van der Waals surface area contributed by atoms with Gasteiger partial charge in [0.05, 0.1) is 11.9 Å². The molecule has 2 amide bonds. The number of nitrogens with zero attached hydrogens (tertiary/aromatic N) is 2. The molecular weight excluding hydrogens is 474 g/mol. The zero-order valence-corrected chi connectivity index (χ0v) is 22.0. The molecule has 0 aliphatic carbocycles. The summed E-state index contributed by atoms with van der Waals surface area (Å²) in [4.78, 5) is 28.1. The minimum absolute atomic E-state index is 0.0471. The SMILES string of the molecule is CC[C@@H](C)NC(=O)[C@@H](CC)N(Cc1ccc(Cl)cc1)C(=O)CN(c1ccc(C)cc1)S(C)(=O)=O. The van der Waals surface area contributed by atoms with Crippen molar-refractivity contribution in [2.45, 2.75) is 59.2 Å². The molecule has 186 valence electrons. The minimum atomic E-state index is -3.75. The number of carbonyl (C=O) groups excluding carboxylic acids is 2. The van der Waals surface area contributed by atoms with Crippen LogP contribution in [0.3, 0.4) is 0 Å². The second kappa shape index (κ2) is 12.2. The topological polar surface area (TPSA) is 86.8 Å². The fourth-order valence-corrected chi connectivity index (χ4v) is 4.45. The van der Waals surface area contributed by atoms with Crippen LogP contribution in [-0.2, 0) is 26.2 Å². The number of hydrogen-bond donors (Lipinski definition) is 1.